The Morgan fingerprint density at radius 3 is 2.28 bits per heavy atom. The van der Waals surface area contributed by atoms with E-state index in [9.17, 15) is 9.90 Å². The molecule has 1 heterocycles. The summed E-state index contributed by atoms with van der Waals surface area (Å²) in [6.45, 7) is 0.331. The minimum absolute atomic E-state index is 0.115. The number of carbonyl (C=O) groups excluding carboxylic acids is 1. The van der Waals surface area contributed by atoms with Gasteiger partial charge in [0.1, 0.15) is 18.1 Å². The third-order valence-electron chi connectivity index (χ3n) is 4.99. The Morgan fingerprint density at radius 1 is 0.931 bits per heavy atom. The number of ether oxygens (including phenoxy) is 2. The van der Waals surface area contributed by atoms with Crippen LogP contribution in [0.15, 0.2) is 84.9 Å². The molecule has 0 aromatic heterocycles. The third-order valence-corrected chi connectivity index (χ3v) is 4.99. The lowest BCUT2D eigenvalue weighted by atomic mass is 10.0. The zero-order chi connectivity index (χ0) is 20.1. The first kappa shape index (κ1) is 18.9. The first-order valence-electron chi connectivity index (χ1n) is 9.67. The minimum atomic E-state index is -0.523. The molecule has 3 aromatic carbocycles. The van der Waals surface area contributed by atoms with Crippen molar-refractivity contribution in [2.45, 2.75) is 25.1 Å². The summed E-state index contributed by atoms with van der Waals surface area (Å²) in [6, 6.07) is 26.4. The van der Waals surface area contributed by atoms with Gasteiger partial charge in [-0.05, 0) is 41.8 Å². The highest BCUT2D eigenvalue weighted by molar-refractivity contribution is 5.70. The fraction of sp³-hybridized carbons (Fsp3) is 0.208. The lowest BCUT2D eigenvalue weighted by Crippen LogP contribution is -2.47. The van der Waals surface area contributed by atoms with Crippen LogP contribution in [0.3, 0.4) is 0 Å². The van der Waals surface area contributed by atoms with E-state index < -0.39 is 6.23 Å². The zero-order valence-corrected chi connectivity index (χ0v) is 16.0. The van der Waals surface area contributed by atoms with Crippen LogP contribution in [0.1, 0.15) is 11.1 Å². The zero-order valence-electron chi connectivity index (χ0n) is 16.0. The summed E-state index contributed by atoms with van der Waals surface area (Å²) >= 11 is 0. The Bertz CT molecular complexity index is 928. The summed E-state index contributed by atoms with van der Waals surface area (Å²) in [6.07, 6.45) is 0.281. The standard InChI is InChI=1S/C24H23NO4/c26-21-13-11-19(12-14-21)16-23(29-22-9-5-2-6-10-22)25-20(17-28-24(25)27)15-18-7-3-1-4-8-18/h1-14,20,23,26H,15-17H2/t20-,23-/m0/s1. The van der Waals surface area contributed by atoms with Crippen LogP contribution in [-0.2, 0) is 17.6 Å². The van der Waals surface area contributed by atoms with Crippen LogP contribution in [0.5, 0.6) is 11.5 Å². The van der Waals surface area contributed by atoms with E-state index >= 15 is 0 Å². The first-order valence-corrected chi connectivity index (χ1v) is 9.67. The molecule has 1 aliphatic heterocycles. The second-order valence-electron chi connectivity index (χ2n) is 7.08. The second-order valence-corrected chi connectivity index (χ2v) is 7.08. The third kappa shape index (κ3) is 4.69. The summed E-state index contributed by atoms with van der Waals surface area (Å²) in [4.78, 5) is 14.3. The maximum Gasteiger partial charge on any atom is 0.413 e. The molecule has 2 atom stereocenters. The molecule has 0 bridgehead atoms. The van der Waals surface area contributed by atoms with Gasteiger partial charge in [0.25, 0.3) is 0 Å². The van der Waals surface area contributed by atoms with E-state index in [4.69, 9.17) is 9.47 Å². The number of para-hydroxylation sites is 1. The number of carbonyl (C=O) groups is 1. The largest absolute Gasteiger partial charge is 0.508 e. The van der Waals surface area contributed by atoms with Gasteiger partial charge in [-0.1, -0.05) is 60.7 Å². The molecule has 148 valence electrons. The SMILES string of the molecule is O=C1OC[C@H](Cc2ccccc2)N1[C@H](Cc1ccc(O)cc1)Oc1ccccc1. The average Bonchev–Trinajstić information content (AvgIpc) is 3.10. The number of cyclic esters (lactones) is 1. The van der Waals surface area contributed by atoms with Gasteiger partial charge in [0.05, 0.1) is 6.04 Å². The van der Waals surface area contributed by atoms with E-state index in [1.165, 1.54) is 0 Å². The number of aromatic hydroxyl groups is 1. The number of benzene rings is 3. The minimum Gasteiger partial charge on any atom is -0.508 e. The van der Waals surface area contributed by atoms with E-state index in [0.29, 0.717) is 25.2 Å². The van der Waals surface area contributed by atoms with Gasteiger partial charge in [-0.2, -0.15) is 0 Å². The number of phenolic OH excluding ortho intramolecular Hbond substituents is 1. The van der Waals surface area contributed by atoms with Gasteiger partial charge in [0.2, 0.25) is 0 Å². The molecule has 0 aliphatic carbocycles. The number of phenols is 1. The van der Waals surface area contributed by atoms with Crippen LogP contribution in [0.2, 0.25) is 0 Å². The lowest BCUT2D eigenvalue weighted by molar-refractivity contribution is 0.0393. The molecule has 5 nitrogen and oxygen atoms in total. The van der Waals surface area contributed by atoms with Crippen LogP contribution in [0.4, 0.5) is 4.79 Å². The molecular formula is C24H23NO4. The average molecular weight is 389 g/mol. The van der Waals surface area contributed by atoms with Gasteiger partial charge in [-0.15, -0.1) is 0 Å². The van der Waals surface area contributed by atoms with E-state index in [0.717, 1.165) is 11.1 Å². The summed E-state index contributed by atoms with van der Waals surface area (Å²) in [5.41, 5.74) is 2.10. The Balaban J connectivity index is 1.60. The van der Waals surface area contributed by atoms with Crippen LogP contribution >= 0.6 is 0 Å². The predicted molar refractivity (Wildman–Crippen MR) is 110 cm³/mol. The van der Waals surface area contributed by atoms with Crippen LogP contribution in [-0.4, -0.2) is 35.0 Å². The van der Waals surface area contributed by atoms with Crippen molar-refractivity contribution in [3.63, 3.8) is 0 Å². The molecule has 1 saturated heterocycles. The summed E-state index contributed by atoms with van der Waals surface area (Å²) < 4.78 is 11.6. The Kier molecular flexibility index (Phi) is 5.66. The smallest absolute Gasteiger partial charge is 0.413 e. The van der Waals surface area contributed by atoms with Crippen molar-refractivity contribution in [1.82, 2.24) is 4.90 Å². The van der Waals surface area contributed by atoms with Crippen molar-refractivity contribution in [2.24, 2.45) is 0 Å². The molecule has 1 N–H and O–H groups in total. The topological polar surface area (TPSA) is 59.0 Å². The number of amides is 1. The molecule has 5 heteroatoms. The maximum atomic E-state index is 12.6. The van der Waals surface area contributed by atoms with E-state index in [2.05, 4.69) is 0 Å². The van der Waals surface area contributed by atoms with E-state index in [1.807, 2.05) is 72.8 Å². The molecule has 0 unspecified atom stereocenters. The molecule has 0 saturated carbocycles. The highest BCUT2D eigenvalue weighted by Crippen LogP contribution is 2.25. The van der Waals surface area contributed by atoms with Gasteiger partial charge < -0.3 is 14.6 Å². The van der Waals surface area contributed by atoms with Gasteiger partial charge in [0, 0.05) is 6.42 Å². The van der Waals surface area contributed by atoms with Crippen LogP contribution in [0, 0.1) is 0 Å². The Morgan fingerprint density at radius 2 is 1.59 bits per heavy atom. The number of hydrogen-bond donors (Lipinski definition) is 1. The molecule has 0 spiro atoms. The second kappa shape index (κ2) is 8.69. The fourth-order valence-electron chi connectivity index (χ4n) is 3.55. The van der Waals surface area contributed by atoms with Crippen molar-refractivity contribution in [3.05, 3.63) is 96.1 Å². The molecule has 29 heavy (non-hydrogen) atoms. The first-order chi connectivity index (χ1) is 14.2. The summed E-state index contributed by atoms with van der Waals surface area (Å²) in [5.74, 6) is 0.895. The van der Waals surface area contributed by atoms with Gasteiger partial charge in [-0.25, -0.2) is 4.79 Å². The van der Waals surface area contributed by atoms with Crippen molar-refractivity contribution in [3.8, 4) is 11.5 Å². The number of rotatable bonds is 7. The highest BCUT2D eigenvalue weighted by Gasteiger charge is 2.39. The fourth-order valence-corrected chi connectivity index (χ4v) is 3.55. The van der Waals surface area contributed by atoms with Crippen molar-refractivity contribution in [1.29, 1.82) is 0 Å². The van der Waals surface area contributed by atoms with Crippen molar-refractivity contribution >= 4 is 6.09 Å². The molecule has 0 radical (unpaired) electrons. The molecule has 1 aliphatic rings. The lowest BCUT2D eigenvalue weighted by Gasteiger charge is -2.31. The Hall–Kier alpha value is -3.47. The highest BCUT2D eigenvalue weighted by atomic mass is 16.6. The Labute approximate surface area is 170 Å². The van der Waals surface area contributed by atoms with Crippen molar-refractivity contribution in [2.75, 3.05) is 6.61 Å². The molecular weight excluding hydrogens is 366 g/mol. The van der Waals surface area contributed by atoms with Crippen molar-refractivity contribution < 1.29 is 19.4 Å². The number of nitrogens with zero attached hydrogens (tertiary/aromatic N) is 1. The number of hydrogen-bond acceptors (Lipinski definition) is 4. The van der Waals surface area contributed by atoms with Gasteiger partial charge in [0.15, 0.2) is 6.23 Å². The molecule has 4 rings (SSSR count). The van der Waals surface area contributed by atoms with Gasteiger partial charge >= 0.3 is 6.09 Å². The van der Waals surface area contributed by atoms with E-state index in [1.54, 1.807) is 17.0 Å². The predicted octanol–water partition coefficient (Wildman–Crippen LogP) is 4.40. The normalized spacial score (nSPS) is 17.0. The van der Waals surface area contributed by atoms with E-state index in [-0.39, 0.29) is 17.9 Å². The van der Waals surface area contributed by atoms with Crippen LogP contribution < -0.4 is 4.74 Å². The monoisotopic (exact) mass is 389 g/mol. The maximum absolute atomic E-state index is 12.6. The molecule has 1 fully saturated rings. The summed E-state index contributed by atoms with van der Waals surface area (Å²) in [7, 11) is 0. The molecule has 3 aromatic rings. The van der Waals surface area contributed by atoms with Gasteiger partial charge in [-0.3, -0.25) is 4.90 Å². The quantitative estimate of drug-likeness (QED) is 0.651. The summed E-state index contributed by atoms with van der Waals surface area (Å²) in [5, 5.41) is 9.57. The van der Waals surface area contributed by atoms with Crippen LogP contribution in [0.25, 0.3) is 0 Å². The molecule has 1 amide bonds.